The third kappa shape index (κ3) is 3.83. The van der Waals surface area contributed by atoms with Crippen LogP contribution >= 0.6 is 0 Å². The summed E-state index contributed by atoms with van der Waals surface area (Å²) in [6.45, 7) is 0.144. The van der Waals surface area contributed by atoms with Crippen molar-refractivity contribution in [3.05, 3.63) is 57.6 Å². The molecule has 0 amide bonds. The number of nitrogens with zero attached hydrogens (tertiary/aromatic N) is 3. The van der Waals surface area contributed by atoms with Crippen LogP contribution in [0.3, 0.4) is 0 Å². The van der Waals surface area contributed by atoms with E-state index in [1.54, 1.807) is 18.2 Å². The van der Waals surface area contributed by atoms with Crippen molar-refractivity contribution < 1.29 is 29.7 Å². The number of anilines is 1. The summed E-state index contributed by atoms with van der Waals surface area (Å²) in [6.07, 6.45) is -3.88. The average Bonchev–Trinajstić information content (AvgIpc) is 2.96. The molecule has 0 aliphatic carbocycles. The zero-order valence-corrected chi connectivity index (χ0v) is 16.3. The van der Waals surface area contributed by atoms with Gasteiger partial charge in [0.1, 0.15) is 18.0 Å². The van der Waals surface area contributed by atoms with Gasteiger partial charge in [0, 0.05) is 18.2 Å². The minimum Gasteiger partial charge on any atom is -0.394 e. The zero-order chi connectivity index (χ0) is 22.1. The Balaban J connectivity index is 2.06. The number of nitrogen functional groups attached to an aromatic ring is 1. The van der Waals surface area contributed by atoms with Crippen LogP contribution in [0, 0.1) is 6.92 Å². The molecule has 4 atom stereocenters. The molecule has 10 nitrogen and oxygen atoms in total. The van der Waals surface area contributed by atoms with Gasteiger partial charge in [-0.1, -0.05) is 29.8 Å². The van der Waals surface area contributed by atoms with Gasteiger partial charge in [-0.15, -0.1) is 5.06 Å². The zero-order valence-electron chi connectivity index (χ0n) is 16.3. The van der Waals surface area contributed by atoms with Crippen LogP contribution in [0.2, 0.25) is 0 Å². The normalized spacial score (nSPS) is 26.4. The molecule has 1 saturated heterocycles. The number of ether oxygens (including phenoxy) is 1. The first-order chi connectivity index (χ1) is 14.2. The lowest BCUT2D eigenvalue weighted by molar-refractivity contribution is -0.317. The van der Waals surface area contributed by atoms with Gasteiger partial charge in [-0.3, -0.25) is 4.39 Å². The summed E-state index contributed by atoms with van der Waals surface area (Å²) >= 11 is 0. The topological polar surface area (TPSA) is 154 Å². The van der Waals surface area contributed by atoms with E-state index in [1.165, 1.54) is 0 Å². The van der Waals surface area contributed by atoms with E-state index in [2.05, 4.69) is 4.98 Å². The number of rotatable bonds is 7. The summed E-state index contributed by atoms with van der Waals surface area (Å²) in [4.78, 5) is 16.1. The lowest BCUT2D eigenvalue weighted by atomic mass is 10.0. The Morgan fingerprint density at radius 3 is 2.80 bits per heavy atom. The van der Waals surface area contributed by atoms with Gasteiger partial charge in [0.25, 0.3) is 0 Å². The Morgan fingerprint density at radius 1 is 1.43 bits per heavy atom. The summed E-state index contributed by atoms with van der Waals surface area (Å²) < 4.78 is 19.1. The smallest absolute Gasteiger partial charge is 0.351 e. The molecule has 0 spiro atoms. The number of hydrogen-bond donors (Lipinski definition) is 5. The SMILES string of the molecule is Cc1cccc(CN(O)[C@]2(O)C(n3c(N)c(CCF)cnc3=O)O[C@H](CO)[C@H]2O)c1. The standard InChI is InChI=1S/C19H25FN4O6/c1-11-3-2-4-12(7-11)9-23(29)19(28)15(26)14(10-25)30-17(19)24-16(21)13(5-6-20)8-22-18(24)27/h2-4,7-8,14-15,17,25-26,28-29H,5-6,9-10,21H2,1H3/t14-,15-,17?,19-/m1/s1. The maximum Gasteiger partial charge on any atom is 0.351 e. The molecule has 0 bridgehead atoms. The molecule has 0 saturated carbocycles. The van der Waals surface area contributed by atoms with Crippen molar-refractivity contribution in [1.29, 1.82) is 0 Å². The highest BCUT2D eigenvalue weighted by Gasteiger charge is 2.60. The molecule has 1 aromatic heterocycles. The van der Waals surface area contributed by atoms with Crippen LogP contribution in [0.25, 0.3) is 0 Å². The Morgan fingerprint density at radius 2 is 2.17 bits per heavy atom. The highest BCUT2D eigenvalue weighted by molar-refractivity contribution is 5.39. The van der Waals surface area contributed by atoms with E-state index in [9.17, 15) is 29.7 Å². The van der Waals surface area contributed by atoms with E-state index < -0.39 is 43.1 Å². The second-order valence-electron chi connectivity index (χ2n) is 7.24. The highest BCUT2D eigenvalue weighted by atomic mass is 19.1. The number of aliphatic hydroxyl groups excluding tert-OH is 2. The first kappa shape index (κ1) is 22.3. The Labute approximate surface area is 171 Å². The fourth-order valence-corrected chi connectivity index (χ4v) is 3.58. The Bertz CT molecular complexity index is 957. The van der Waals surface area contributed by atoms with Gasteiger partial charge in [0.15, 0.2) is 6.23 Å². The molecule has 1 aliphatic rings. The van der Waals surface area contributed by atoms with Crippen LogP contribution < -0.4 is 11.4 Å². The van der Waals surface area contributed by atoms with Gasteiger partial charge in [0.05, 0.1) is 19.8 Å². The van der Waals surface area contributed by atoms with Crippen molar-refractivity contribution in [2.24, 2.45) is 0 Å². The average molecular weight is 424 g/mol. The first-order valence-electron chi connectivity index (χ1n) is 9.34. The molecule has 1 aliphatic heterocycles. The summed E-state index contributed by atoms with van der Waals surface area (Å²) in [5, 5.41) is 42.7. The molecule has 1 unspecified atom stereocenters. The molecule has 6 N–H and O–H groups in total. The van der Waals surface area contributed by atoms with Crippen molar-refractivity contribution in [2.45, 2.75) is 44.1 Å². The number of aryl methyl sites for hydroxylation is 2. The maximum atomic E-state index is 12.8. The predicted octanol–water partition coefficient (Wildman–Crippen LogP) is -0.523. The van der Waals surface area contributed by atoms with Crippen molar-refractivity contribution in [3.8, 4) is 0 Å². The van der Waals surface area contributed by atoms with E-state index in [-0.39, 0.29) is 24.3 Å². The van der Waals surface area contributed by atoms with Crippen LogP contribution in [0.15, 0.2) is 35.3 Å². The van der Waals surface area contributed by atoms with E-state index in [4.69, 9.17) is 10.5 Å². The summed E-state index contributed by atoms with van der Waals surface area (Å²) in [7, 11) is 0. The molecule has 3 rings (SSSR count). The van der Waals surface area contributed by atoms with Crippen LogP contribution in [-0.4, -0.2) is 66.4 Å². The van der Waals surface area contributed by atoms with Crippen molar-refractivity contribution in [2.75, 3.05) is 19.0 Å². The molecule has 1 fully saturated rings. The van der Waals surface area contributed by atoms with Gasteiger partial charge in [0.2, 0.25) is 5.72 Å². The van der Waals surface area contributed by atoms with Crippen LogP contribution in [0.4, 0.5) is 10.2 Å². The third-order valence-electron chi connectivity index (χ3n) is 5.19. The van der Waals surface area contributed by atoms with E-state index in [1.807, 2.05) is 13.0 Å². The van der Waals surface area contributed by atoms with E-state index >= 15 is 0 Å². The second-order valence-corrected chi connectivity index (χ2v) is 7.24. The summed E-state index contributed by atoms with van der Waals surface area (Å²) in [5.74, 6) is -0.231. The predicted molar refractivity (Wildman–Crippen MR) is 103 cm³/mol. The van der Waals surface area contributed by atoms with Gasteiger partial charge in [-0.25, -0.2) is 14.3 Å². The van der Waals surface area contributed by atoms with Crippen molar-refractivity contribution >= 4 is 5.82 Å². The molecular weight excluding hydrogens is 399 g/mol. The minimum atomic E-state index is -2.56. The monoisotopic (exact) mass is 424 g/mol. The molecular formula is C19H25FN4O6. The quantitative estimate of drug-likeness (QED) is 0.292. The molecule has 164 valence electrons. The molecule has 1 aromatic carbocycles. The maximum absolute atomic E-state index is 12.8. The van der Waals surface area contributed by atoms with Crippen molar-refractivity contribution in [1.82, 2.24) is 14.6 Å². The lowest BCUT2D eigenvalue weighted by Gasteiger charge is -2.38. The lowest BCUT2D eigenvalue weighted by Crippen LogP contribution is -2.59. The highest BCUT2D eigenvalue weighted by Crippen LogP contribution is 2.41. The fourth-order valence-electron chi connectivity index (χ4n) is 3.58. The van der Waals surface area contributed by atoms with Crippen LogP contribution in [-0.2, 0) is 17.7 Å². The second kappa shape index (κ2) is 8.76. The minimum absolute atomic E-state index is 0.137. The van der Waals surface area contributed by atoms with Crippen LogP contribution in [0.5, 0.6) is 0 Å². The first-order valence-corrected chi connectivity index (χ1v) is 9.34. The molecule has 2 aromatic rings. The van der Waals surface area contributed by atoms with Gasteiger partial charge >= 0.3 is 5.69 Å². The summed E-state index contributed by atoms with van der Waals surface area (Å²) in [5.41, 5.74) is 4.20. The number of aliphatic hydroxyl groups is 3. The number of alkyl halides is 1. The number of aromatic nitrogens is 2. The number of hydrogen-bond acceptors (Lipinski definition) is 9. The molecule has 11 heteroatoms. The number of halogens is 1. The molecule has 2 heterocycles. The Hall–Kier alpha value is -2.41. The number of benzene rings is 1. The van der Waals surface area contributed by atoms with E-state index in [0.29, 0.717) is 10.6 Å². The summed E-state index contributed by atoms with van der Waals surface area (Å²) in [6, 6.07) is 7.06. The molecule has 30 heavy (non-hydrogen) atoms. The van der Waals surface area contributed by atoms with Gasteiger partial charge < -0.3 is 31.0 Å². The van der Waals surface area contributed by atoms with Crippen molar-refractivity contribution in [3.63, 3.8) is 0 Å². The van der Waals surface area contributed by atoms with Crippen LogP contribution in [0.1, 0.15) is 22.9 Å². The largest absolute Gasteiger partial charge is 0.394 e. The Kier molecular flexibility index (Phi) is 6.50. The number of nitrogens with two attached hydrogens (primary N) is 1. The third-order valence-corrected chi connectivity index (χ3v) is 5.19. The molecule has 0 radical (unpaired) electrons. The van der Waals surface area contributed by atoms with E-state index in [0.717, 1.165) is 16.3 Å². The van der Waals surface area contributed by atoms with Gasteiger partial charge in [-0.05, 0) is 12.5 Å². The number of hydroxylamine groups is 2. The fraction of sp³-hybridized carbons (Fsp3) is 0.474. The van der Waals surface area contributed by atoms with Gasteiger partial charge in [-0.2, -0.15) is 0 Å².